The molecule has 0 N–H and O–H groups in total. The Bertz CT molecular complexity index is 561. The van der Waals surface area contributed by atoms with Crippen molar-refractivity contribution in [3.05, 3.63) is 0 Å². The van der Waals surface area contributed by atoms with Crippen LogP contribution in [0.1, 0.15) is 39.5 Å². The molecule has 2 fully saturated rings. The van der Waals surface area contributed by atoms with Crippen LogP contribution in [0.5, 0.6) is 0 Å². The van der Waals surface area contributed by atoms with E-state index in [1.807, 2.05) is 19.9 Å². The lowest BCUT2D eigenvalue weighted by atomic mass is 9.70. The van der Waals surface area contributed by atoms with E-state index in [9.17, 15) is 13.2 Å². The van der Waals surface area contributed by atoms with E-state index in [0.29, 0.717) is 18.8 Å². The van der Waals surface area contributed by atoms with Crippen molar-refractivity contribution in [1.82, 2.24) is 4.31 Å². The lowest BCUT2D eigenvalue weighted by Gasteiger charge is -2.37. The molecule has 6 heteroatoms. The standard InChI is InChI=1S/C14H22N2O3S/c1-13(2)11-5-6-14(13,12(17)9-11)10-20(18,19)16(3)8-4-7-15/h11H,4-6,8-10H2,1-3H3/t11-,14+/m1/s1. The number of hydrogen-bond acceptors (Lipinski definition) is 4. The number of ketones is 1. The summed E-state index contributed by atoms with van der Waals surface area (Å²) in [6.07, 6.45) is 2.30. The molecule has 0 amide bonds. The van der Waals surface area contributed by atoms with Crippen LogP contribution in [0.3, 0.4) is 0 Å². The number of fused-ring (bicyclic) bond motifs is 2. The van der Waals surface area contributed by atoms with Crippen LogP contribution in [0.25, 0.3) is 0 Å². The van der Waals surface area contributed by atoms with Gasteiger partial charge in [0.2, 0.25) is 10.0 Å². The van der Waals surface area contributed by atoms with Gasteiger partial charge in [0, 0.05) is 31.8 Å². The number of rotatable bonds is 5. The molecule has 0 aromatic carbocycles. The molecular weight excluding hydrogens is 276 g/mol. The van der Waals surface area contributed by atoms with E-state index in [1.54, 1.807) is 0 Å². The summed E-state index contributed by atoms with van der Waals surface area (Å²) in [5, 5.41) is 8.57. The Labute approximate surface area is 121 Å². The summed E-state index contributed by atoms with van der Waals surface area (Å²) in [6, 6.07) is 1.95. The molecule has 0 saturated heterocycles. The van der Waals surface area contributed by atoms with Gasteiger partial charge in [0.25, 0.3) is 0 Å². The van der Waals surface area contributed by atoms with E-state index in [4.69, 9.17) is 5.26 Å². The van der Waals surface area contributed by atoms with Gasteiger partial charge in [-0.2, -0.15) is 5.26 Å². The number of sulfonamides is 1. The van der Waals surface area contributed by atoms with Gasteiger partial charge < -0.3 is 0 Å². The van der Waals surface area contributed by atoms with Crippen molar-refractivity contribution in [2.45, 2.75) is 39.5 Å². The van der Waals surface area contributed by atoms with E-state index in [-0.39, 0.29) is 29.9 Å². The third-order valence-corrected chi connectivity index (χ3v) is 7.57. The number of carbonyl (C=O) groups excluding carboxylic acids is 1. The van der Waals surface area contributed by atoms with Gasteiger partial charge in [-0.05, 0) is 24.2 Å². The molecule has 0 aliphatic heterocycles. The number of carbonyl (C=O) groups is 1. The predicted molar refractivity (Wildman–Crippen MR) is 75.2 cm³/mol. The van der Waals surface area contributed by atoms with E-state index in [2.05, 4.69) is 0 Å². The van der Waals surface area contributed by atoms with Gasteiger partial charge in [0.1, 0.15) is 5.78 Å². The van der Waals surface area contributed by atoms with Crippen LogP contribution >= 0.6 is 0 Å². The quantitative estimate of drug-likeness (QED) is 0.771. The molecule has 0 aromatic heterocycles. The molecule has 2 bridgehead atoms. The summed E-state index contributed by atoms with van der Waals surface area (Å²) in [4.78, 5) is 12.4. The van der Waals surface area contributed by atoms with E-state index in [1.165, 1.54) is 11.4 Å². The Kier molecular flexibility index (Phi) is 3.72. The molecule has 2 aliphatic rings. The minimum absolute atomic E-state index is 0.107. The highest BCUT2D eigenvalue weighted by molar-refractivity contribution is 7.89. The van der Waals surface area contributed by atoms with Crippen molar-refractivity contribution < 1.29 is 13.2 Å². The average molecular weight is 298 g/mol. The molecule has 5 nitrogen and oxygen atoms in total. The topological polar surface area (TPSA) is 78.2 Å². The average Bonchev–Trinajstić information content (AvgIpc) is 2.69. The Morgan fingerprint density at radius 1 is 1.45 bits per heavy atom. The smallest absolute Gasteiger partial charge is 0.214 e. The van der Waals surface area contributed by atoms with Crippen molar-refractivity contribution in [3.8, 4) is 6.07 Å². The Balaban J connectivity index is 2.25. The Hall–Kier alpha value is -0.930. The van der Waals surface area contributed by atoms with Crippen molar-refractivity contribution >= 4 is 15.8 Å². The fourth-order valence-electron chi connectivity index (χ4n) is 3.88. The summed E-state index contributed by atoms with van der Waals surface area (Å²) < 4.78 is 26.2. The van der Waals surface area contributed by atoms with E-state index in [0.717, 1.165) is 6.42 Å². The molecule has 2 rings (SSSR count). The van der Waals surface area contributed by atoms with Crippen LogP contribution in [-0.4, -0.2) is 37.9 Å². The normalized spacial score (nSPS) is 31.8. The molecular formula is C14H22N2O3S. The Morgan fingerprint density at radius 3 is 2.55 bits per heavy atom. The molecule has 112 valence electrons. The minimum atomic E-state index is -3.50. The zero-order valence-corrected chi connectivity index (χ0v) is 13.2. The number of nitriles is 1. The largest absolute Gasteiger partial charge is 0.299 e. The fraction of sp³-hybridized carbons (Fsp3) is 0.857. The summed E-state index contributed by atoms with van der Waals surface area (Å²) in [6.45, 7) is 4.24. The zero-order valence-electron chi connectivity index (χ0n) is 12.3. The first-order chi connectivity index (χ1) is 9.17. The maximum Gasteiger partial charge on any atom is 0.214 e. The summed E-state index contributed by atoms with van der Waals surface area (Å²) >= 11 is 0. The van der Waals surface area contributed by atoms with Crippen molar-refractivity contribution in [3.63, 3.8) is 0 Å². The van der Waals surface area contributed by atoms with Gasteiger partial charge in [-0.25, -0.2) is 12.7 Å². The van der Waals surface area contributed by atoms with Crippen LogP contribution in [0.4, 0.5) is 0 Å². The maximum absolute atomic E-state index is 12.5. The first-order valence-corrected chi connectivity index (χ1v) is 8.62. The molecule has 0 heterocycles. The lowest BCUT2D eigenvalue weighted by molar-refractivity contribution is -0.128. The van der Waals surface area contributed by atoms with Crippen molar-refractivity contribution in [2.24, 2.45) is 16.7 Å². The monoisotopic (exact) mass is 298 g/mol. The molecule has 20 heavy (non-hydrogen) atoms. The van der Waals surface area contributed by atoms with Crippen LogP contribution in [-0.2, 0) is 14.8 Å². The minimum Gasteiger partial charge on any atom is -0.299 e. The molecule has 2 aliphatic carbocycles. The summed E-state index contributed by atoms with van der Waals surface area (Å²) in [7, 11) is -2.01. The number of hydrogen-bond donors (Lipinski definition) is 0. The fourth-order valence-corrected chi connectivity index (χ4v) is 5.77. The Morgan fingerprint density at radius 2 is 2.10 bits per heavy atom. The van der Waals surface area contributed by atoms with Gasteiger partial charge in [-0.1, -0.05) is 13.8 Å². The molecule has 2 atom stereocenters. The maximum atomic E-state index is 12.5. The highest BCUT2D eigenvalue weighted by Gasteiger charge is 2.65. The van der Waals surface area contributed by atoms with Crippen LogP contribution in [0.2, 0.25) is 0 Å². The SMILES string of the molecule is CN(CCC#N)S(=O)(=O)C[C@@]12CC[C@H](CC1=O)C2(C)C. The highest BCUT2D eigenvalue weighted by atomic mass is 32.2. The second-order valence-electron chi connectivity index (χ2n) is 6.65. The zero-order chi connectivity index (χ0) is 15.2. The second kappa shape index (κ2) is 4.81. The first-order valence-electron chi connectivity index (χ1n) is 7.02. The molecule has 2 saturated carbocycles. The second-order valence-corrected chi connectivity index (χ2v) is 8.73. The predicted octanol–water partition coefficient (Wildman–Crippen LogP) is 1.56. The molecule has 0 unspecified atom stereocenters. The lowest BCUT2D eigenvalue weighted by Crippen LogP contribution is -2.45. The summed E-state index contributed by atoms with van der Waals surface area (Å²) in [5.41, 5.74) is -0.968. The molecule has 0 spiro atoms. The van der Waals surface area contributed by atoms with Crippen LogP contribution in [0.15, 0.2) is 0 Å². The van der Waals surface area contributed by atoms with Gasteiger partial charge in [-0.3, -0.25) is 4.79 Å². The molecule has 0 aromatic rings. The van der Waals surface area contributed by atoms with Crippen LogP contribution < -0.4 is 0 Å². The summed E-state index contributed by atoms with van der Waals surface area (Å²) in [5.74, 6) is 0.315. The van der Waals surface area contributed by atoms with E-state index < -0.39 is 15.4 Å². The third-order valence-electron chi connectivity index (χ3n) is 5.58. The van der Waals surface area contributed by atoms with Crippen LogP contribution in [0, 0.1) is 28.1 Å². The van der Waals surface area contributed by atoms with Gasteiger partial charge in [-0.15, -0.1) is 0 Å². The number of Topliss-reactive ketones (excluding diaryl/α,β-unsaturated/α-hetero) is 1. The van der Waals surface area contributed by atoms with Gasteiger partial charge >= 0.3 is 0 Å². The van der Waals surface area contributed by atoms with Crippen molar-refractivity contribution in [2.75, 3.05) is 19.3 Å². The first kappa shape index (κ1) is 15.5. The van der Waals surface area contributed by atoms with Gasteiger partial charge in [0.15, 0.2) is 0 Å². The van der Waals surface area contributed by atoms with E-state index >= 15 is 0 Å². The number of nitrogens with zero attached hydrogens (tertiary/aromatic N) is 2. The third kappa shape index (κ3) is 2.08. The van der Waals surface area contributed by atoms with Crippen molar-refractivity contribution in [1.29, 1.82) is 5.26 Å². The molecule has 0 radical (unpaired) electrons. The van der Waals surface area contributed by atoms with Gasteiger partial charge in [0.05, 0.1) is 11.8 Å². The highest BCUT2D eigenvalue weighted by Crippen LogP contribution is 2.64.